The van der Waals surface area contributed by atoms with Crippen LogP contribution in [0.5, 0.6) is 0 Å². The smallest absolute Gasteiger partial charge is 0.410 e. The van der Waals surface area contributed by atoms with Crippen LogP contribution < -0.4 is 10.6 Å². The van der Waals surface area contributed by atoms with Crippen molar-refractivity contribution >= 4 is 46.6 Å². The Morgan fingerprint density at radius 1 is 1.11 bits per heavy atom. The van der Waals surface area contributed by atoms with E-state index in [4.69, 9.17) is 9.84 Å². The Morgan fingerprint density at radius 2 is 1.78 bits per heavy atom. The molecule has 1 unspecified atom stereocenters. The number of carboxylic acids is 1. The van der Waals surface area contributed by atoms with Crippen molar-refractivity contribution < 1.29 is 33.8 Å². The molecule has 1 aromatic heterocycles. The highest BCUT2D eigenvalue weighted by Crippen LogP contribution is 2.33. The van der Waals surface area contributed by atoms with Crippen LogP contribution in [0.3, 0.4) is 0 Å². The zero-order chi connectivity index (χ0) is 33.1. The van der Waals surface area contributed by atoms with E-state index >= 15 is 0 Å². The third kappa shape index (κ3) is 10.5. The summed E-state index contributed by atoms with van der Waals surface area (Å²) in [6, 6.07) is 8.81. The molecule has 0 spiro atoms. The second-order valence-corrected chi connectivity index (χ2v) is 13.4. The van der Waals surface area contributed by atoms with Gasteiger partial charge in [0.25, 0.3) is 0 Å². The number of thiazole rings is 1. The second kappa shape index (κ2) is 16.4. The quantitative estimate of drug-likeness (QED) is 0.322. The first-order chi connectivity index (χ1) is 21.3. The molecule has 246 valence electrons. The normalized spacial score (nSPS) is 17.4. The van der Waals surface area contributed by atoms with Gasteiger partial charge in [-0.15, -0.1) is 0 Å². The number of likely N-dealkylation sites (tertiary alicyclic amines) is 1. The van der Waals surface area contributed by atoms with Gasteiger partial charge in [0.2, 0.25) is 23.2 Å². The summed E-state index contributed by atoms with van der Waals surface area (Å²) in [5.41, 5.74) is 0.620. The van der Waals surface area contributed by atoms with Crippen LogP contribution in [0.4, 0.5) is 9.80 Å². The van der Waals surface area contributed by atoms with Crippen LogP contribution >= 0.6 is 11.3 Å². The molecule has 1 saturated carbocycles. The number of anilines is 1. The average Bonchev–Trinajstić information content (AvgIpc) is 3.62. The maximum atomic E-state index is 13.2. The number of hydrogen-bond acceptors (Lipinski definition) is 8. The van der Waals surface area contributed by atoms with Crippen molar-refractivity contribution in [3.8, 4) is 11.3 Å². The van der Waals surface area contributed by atoms with E-state index in [2.05, 4.69) is 22.5 Å². The van der Waals surface area contributed by atoms with Gasteiger partial charge in [-0.3, -0.25) is 14.4 Å². The highest BCUT2D eigenvalue weighted by Gasteiger charge is 2.37. The first kappa shape index (κ1) is 35.5. The van der Waals surface area contributed by atoms with E-state index in [0.717, 1.165) is 62.0 Å². The number of ether oxygens (including phenoxy) is 1. The molecule has 1 aliphatic carbocycles. The Kier molecular flexibility index (Phi) is 12.9. The lowest BCUT2D eigenvalue weighted by molar-refractivity contribution is -0.139. The monoisotopic (exact) mass is 643 g/mol. The van der Waals surface area contributed by atoms with E-state index in [1.54, 1.807) is 32.9 Å². The van der Waals surface area contributed by atoms with Crippen LogP contribution in [-0.2, 0) is 19.1 Å². The Bertz CT molecular complexity index is 1320. The molecule has 13 heteroatoms. The maximum absolute atomic E-state index is 13.2. The van der Waals surface area contributed by atoms with E-state index in [1.807, 2.05) is 23.1 Å². The minimum absolute atomic E-state index is 0.0326. The predicted octanol–water partition coefficient (Wildman–Crippen LogP) is 5.01. The van der Waals surface area contributed by atoms with Gasteiger partial charge in [0.05, 0.1) is 0 Å². The number of rotatable bonds is 9. The average molecular weight is 644 g/mol. The van der Waals surface area contributed by atoms with Gasteiger partial charge in [0.1, 0.15) is 28.9 Å². The first-order valence-electron chi connectivity index (χ1n) is 15.3. The molecule has 2 fully saturated rings. The van der Waals surface area contributed by atoms with Gasteiger partial charge in [0, 0.05) is 25.2 Å². The molecule has 0 radical (unpaired) electrons. The lowest BCUT2D eigenvalue weighted by Gasteiger charge is -2.34. The maximum Gasteiger partial charge on any atom is 0.410 e. The van der Waals surface area contributed by atoms with E-state index in [0.29, 0.717) is 17.1 Å². The van der Waals surface area contributed by atoms with Gasteiger partial charge in [-0.1, -0.05) is 60.9 Å². The van der Waals surface area contributed by atoms with Gasteiger partial charge < -0.3 is 30.3 Å². The molecule has 45 heavy (non-hydrogen) atoms. The molecule has 2 atom stereocenters. The number of carbonyl (C=O) groups excluding carboxylic acids is 4. The van der Waals surface area contributed by atoms with E-state index < -0.39 is 23.7 Å². The summed E-state index contributed by atoms with van der Waals surface area (Å²) in [5, 5.41) is 14.7. The fraction of sp³-hybridized carbons (Fsp3) is 0.562. The number of carboxylic acid groups (broad SMARTS) is 1. The number of nitrogens with zero attached hydrogens (tertiary/aromatic N) is 3. The lowest BCUT2D eigenvalue weighted by atomic mass is 9.83. The summed E-state index contributed by atoms with van der Waals surface area (Å²) in [6.45, 7) is 8.06. The van der Waals surface area contributed by atoms with Crippen LogP contribution in [0.2, 0.25) is 0 Å². The van der Waals surface area contributed by atoms with Gasteiger partial charge in [-0.25, -0.2) is 14.6 Å². The second-order valence-electron chi connectivity index (χ2n) is 12.4. The minimum Gasteiger partial charge on any atom is -0.476 e. The Balaban J connectivity index is 0.000000276. The predicted molar refractivity (Wildman–Crippen MR) is 172 cm³/mol. The summed E-state index contributed by atoms with van der Waals surface area (Å²) in [4.78, 5) is 66.4. The highest BCUT2D eigenvalue weighted by molar-refractivity contribution is 7.18. The minimum atomic E-state index is -1.11. The van der Waals surface area contributed by atoms with E-state index in [-0.39, 0.29) is 35.3 Å². The Hall–Kier alpha value is -4.00. The molecule has 4 rings (SSSR count). The number of hydrogen-bond donors (Lipinski definition) is 3. The van der Waals surface area contributed by atoms with E-state index in [9.17, 15) is 24.0 Å². The van der Waals surface area contributed by atoms with Crippen molar-refractivity contribution in [1.82, 2.24) is 20.1 Å². The molecule has 1 aromatic carbocycles. The molecule has 3 N–H and O–H groups in total. The number of nitrogens with one attached hydrogen (secondary N) is 2. The SMILES string of the molecule is C[C@@H]1CCCN1C(=O)C(NC(=O)CN(C)C(=O)OC(C)(C)C)C1CCCCC1.O=CNc1sc(C(=O)O)nc1-c1ccccc1. The number of aromatic nitrogens is 1. The topological polar surface area (TPSA) is 158 Å². The van der Waals surface area contributed by atoms with Crippen molar-refractivity contribution in [1.29, 1.82) is 0 Å². The summed E-state index contributed by atoms with van der Waals surface area (Å²) < 4.78 is 5.30. The number of likely N-dealkylation sites (N-methyl/N-ethyl adjacent to an activating group) is 1. The molecule has 2 heterocycles. The van der Waals surface area contributed by atoms with Gasteiger partial charge in [-0.05, 0) is 59.3 Å². The van der Waals surface area contributed by atoms with Gasteiger partial charge >= 0.3 is 12.1 Å². The summed E-state index contributed by atoms with van der Waals surface area (Å²) in [5.74, 6) is -1.22. The molecule has 12 nitrogen and oxygen atoms in total. The van der Waals surface area contributed by atoms with Crippen molar-refractivity contribution in [3.05, 3.63) is 35.3 Å². The lowest BCUT2D eigenvalue weighted by Crippen LogP contribution is -2.55. The Labute approximate surface area is 268 Å². The van der Waals surface area contributed by atoms with E-state index in [1.165, 1.54) is 18.4 Å². The van der Waals surface area contributed by atoms with Gasteiger partial charge in [0.15, 0.2) is 0 Å². The first-order valence-corrected chi connectivity index (χ1v) is 16.2. The third-order valence-corrected chi connectivity index (χ3v) is 8.65. The van der Waals surface area contributed by atoms with Crippen molar-refractivity contribution in [2.24, 2.45) is 5.92 Å². The molecular formula is C32H45N5O7S. The molecule has 1 aliphatic heterocycles. The number of aromatic carboxylic acids is 1. The van der Waals surface area contributed by atoms with Crippen LogP contribution in [0.15, 0.2) is 30.3 Å². The van der Waals surface area contributed by atoms with Crippen LogP contribution in [0.1, 0.15) is 82.4 Å². The fourth-order valence-corrected chi connectivity index (χ4v) is 6.27. The van der Waals surface area contributed by atoms with Crippen molar-refractivity contribution in [2.45, 2.75) is 90.3 Å². The van der Waals surface area contributed by atoms with Crippen molar-refractivity contribution in [3.63, 3.8) is 0 Å². The van der Waals surface area contributed by atoms with Gasteiger partial charge in [-0.2, -0.15) is 0 Å². The third-order valence-electron chi connectivity index (χ3n) is 7.67. The van der Waals surface area contributed by atoms with Crippen LogP contribution in [-0.4, -0.2) is 88.0 Å². The molecular weight excluding hydrogens is 598 g/mol. The number of amides is 4. The zero-order valence-corrected chi connectivity index (χ0v) is 27.5. The van der Waals surface area contributed by atoms with Crippen LogP contribution in [0.25, 0.3) is 11.3 Å². The molecule has 2 aliphatic rings. The number of benzene rings is 1. The molecule has 0 bridgehead atoms. The molecule has 4 amide bonds. The molecule has 2 aromatic rings. The fourth-order valence-electron chi connectivity index (χ4n) is 5.48. The number of carbonyl (C=O) groups is 5. The summed E-state index contributed by atoms with van der Waals surface area (Å²) in [6.07, 6.45) is 7.28. The summed E-state index contributed by atoms with van der Waals surface area (Å²) in [7, 11) is 1.54. The Morgan fingerprint density at radius 3 is 2.33 bits per heavy atom. The molecule has 1 saturated heterocycles. The standard InChI is InChI=1S/C21H37N3O4.C11H8N2O3S/c1-15-10-9-13-24(15)19(26)18(16-11-7-6-8-12-16)22-17(25)14-23(5)20(27)28-21(2,3)4;14-6-12-9-8(7-4-2-1-3-5-7)13-10(17-9)11(15)16/h15-16,18H,6-14H2,1-5H3,(H,22,25);1-6H,(H,12,14)(H,15,16)/t15-,18?;/m1./s1. The zero-order valence-electron chi connectivity index (χ0n) is 26.7. The highest BCUT2D eigenvalue weighted by atomic mass is 32.1. The van der Waals surface area contributed by atoms with Crippen LogP contribution in [0, 0.1) is 5.92 Å². The van der Waals surface area contributed by atoms with Crippen molar-refractivity contribution in [2.75, 3.05) is 25.5 Å². The largest absolute Gasteiger partial charge is 0.476 e. The summed E-state index contributed by atoms with van der Waals surface area (Å²) >= 11 is 0.934.